The highest BCUT2D eigenvalue weighted by atomic mass is 35.5. The molecule has 2 aliphatic heterocycles. The second-order valence-corrected chi connectivity index (χ2v) is 11.5. The monoisotopic (exact) mass is 623 g/mol. The van der Waals surface area contributed by atoms with Crippen LogP contribution in [0.25, 0.3) is 0 Å². The molecule has 2 heterocycles. The van der Waals surface area contributed by atoms with Crippen LogP contribution in [0, 0.1) is 5.82 Å². The minimum atomic E-state index is -0.781. The fraction of sp³-hybridized carbons (Fsp3) is 0.344. The summed E-state index contributed by atoms with van der Waals surface area (Å²) in [5.74, 6) is -0.567. The van der Waals surface area contributed by atoms with Crippen LogP contribution in [0.2, 0.25) is 5.02 Å². The molecule has 0 aromatic heterocycles. The molecule has 2 saturated heterocycles. The third-order valence-electron chi connectivity index (χ3n) is 7.81. The largest absolute Gasteiger partial charge is 0.495 e. The van der Waals surface area contributed by atoms with E-state index in [9.17, 15) is 14.0 Å². The van der Waals surface area contributed by atoms with Gasteiger partial charge in [0.25, 0.3) is 5.91 Å². The summed E-state index contributed by atoms with van der Waals surface area (Å²) in [6.45, 7) is 6.25. The zero-order chi connectivity index (χ0) is 30.3. The first-order valence-electron chi connectivity index (χ1n) is 14.3. The number of carbonyl (C=O) groups excluding carboxylic acids is 2. The van der Waals surface area contributed by atoms with E-state index in [2.05, 4.69) is 39.4 Å². The first-order chi connectivity index (χ1) is 20.8. The summed E-state index contributed by atoms with van der Waals surface area (Å²) >= 11 is 12.2. The number of rotatable bonds is 11. The molecule has 8 nitrogen and oxygen atoms in total. The highest BCUT2D eigenvalue weighted by Crippen LogP contribution is 2.33. The molecule has 0 bridgehead atoms. The van der Waals surface area contributed by atoms with Crippen molar-refractivity contribution in [3.05, 3.63) is 89.2 Å². The van der Waals surface area contributed by atoms with Crippen LogP contribution in [0.5, 0.6) is 5.75 Å². The molecule has 1 N–H and O–H groups in total. The van der Waals surface area contributed by atoms with E-state index in [1.807, 2.05) is 11.0 Å². The van der Waals surface area contributed by atoms with Crippen LogP contribution in [0.4, 0.5) is 15.8 Å². The molecule has 0 spiro atoms. The Morgan fingerprint density at radius 3 is 2.37 bits per heavy atom. The summed E-state index contributed by atoms with van der Waals surface area (Å²) in [4.78, 5) is 35.0. The third kappa shape index (κ3) is 7.69. The second-order valence-electron chi connectivity index (χ2n) is 10.7. The van der Waals surface area contributed by atoms with Gasteiger partial charge in [0.05, 0.1) is 24.2 Å². The van der Waals surface area contributed by atoms with Gasteiger partial charge in [-0.3, -0.25) is 19.4 Å². The van der Waals surface area contributed by atoms with Gasteiger partial charge in [-0.25, -0.2) is 4.39 Å². The molecular formula is C32H35ClFN5O3S. The number of carbonyl (C=O) groups is 2. The van der Waals surface area contributed by atoms with Crippen molar-refractivity contribution in [1.82, 2.24) is 14.7 Å². The Hall–Kier alpha value is -3.57. The van der Waals surface area contributed by atoms with E-state index in [1.165, 1.54) is 41.8 Å². The topological polar surface area (TPSA) is 68.4 Å². The number of thiocarbonyl (C=S) groups is 1. The lowest BCUT2D eigenvalue weighted by Gasteiger charge is -2.35. The first kappa shape index (κ1) is 30.9. The Morgan fingerprint density at radius 2 is 1.70 bits per heavy atom. The van der Waals surface area contributed by atoms with E-state index in [4.69, 9.17) is 28.6 Å². The maximum atomic E-state index is 13.8. The van der Waals surface area contributed by atoms with Gasteiger partial charge in [-0.05, 0) is 73.2 Å². The van der Waals surface area contributed by atoms with Crippen molar-refractivity contribution in [2.45, 2.75) is 25.4 Å². The van der Waals surface area contributed by atoms with Crippen LogP contribution in [-0.4, -0.2) is 84.0 Å². The molecule has 0 unspecified atom stereocenters. The predicted molar refractivity (Wildman–Crippen MR) is 171 cm³/mol. The van der Waals surface area contributed by atoms with Crippen LogP contribution in [0.15, 0.2) is 72.8 Å². The lowest BCUT2D eigenvalue weighted by Crippen LogP contribution is -2.47. The smallest absolute Gasteiger partial charge is 0.256 e. The van der Waals surface area contributed by atoms with E-state index < -0.39 is 11.9 Å². The van der Waals surface area contributed by atoms with Gasteiger partial charge in [0.1, 0.15) is 17.6 Å². The van der Waals surface area contributed by atoms with E-state index in [1.54, 1.807) is 18.2 Å². The van der Waals surface area contributed by atoms with Gasteiger partial charge in [0, 0.05) is 45.0 Å². The third-order valence-corrected chi connectivity index (χ3v) is 8.52. The summed E-state index contributed by atoms with van der Waals surface area (Å²) < 4.78 is 18.6. The number of methoxy groups -OCH3 is 1. The fourth-order valence-corrected chi connectivity index (χ4v) is 6.18. The van der Waals surface area contributed by atoms with Crippen molar-refractivity contribution >= 4 is 52.1 Å². The van der Waals surface area contributed by atoms with Gasteiger partial charge in [-0.1, -0.05) is 41.9 Å². The lowest BCUT2D eigenvalue weighted by atomic mass is 10.1. The normalized spacial score (nSPS) is 17.9. The van der Waals surface area contributed by atoms with E-state index in [-0.39, 0.29) is 18.2 Å². The average molecular weight is 624 g/mol. The Labute approximate surface area is 261 Å². The number of anilines is 2. The summed E-state index contributed by atoms with van der Waals surface area (Å²) in [6.07, 6.45) is 0.675. The molecule has 0 saturated carbocycles. The van der Waals surface area contributed by atoms with Crippen molar-refractivity contribution in [1.29, 1.82) is 0 Å². The van der Waals surface area contributed by atoms with Crippen molar-refractivity contribution in [2.75, 3.05) is 56.6 Å². The van der Waals surface area contributed by atoms with E-state index in [0.717, 1.165) is 45.7 Å². The molecule has 2 aliphatic rings. The molecule has 0 radical (unpaired) electrons. The molecular weight excluding hydrogens is 589 g/mol. The number of hydrogen-bond donors (Lipinski definition) is 1. The molecule has 2 amide bonds. The second kappa shape index (κ2) is 14.3. The Morgan fingerprint density at radius 1 is 1.00 bits per heavy atom. The lowest BCUT2D eigenvalue weighted by molar-refractivity contribution is -0.124. The van der Waals surface area contributed by atoms with Crippen molar-refractivity contribution in [3.63, 3.8) is 0 Å². The number of nitrogens with zero attached hydrogens (tertiary/aromatic N) is 4. The first-order valence-corrected chi connectivity index (χ1v) is 15.1. The SMILES string of the molecule is COc1ccc(N2C(=O)[C@H](CC(=O)Nc3ccc(F)cc3)N(CCCN3CCN(Cc4ccccc4)CC3)C2=S)cc1Cl. The van der Waals surface area contributed by atoms with Crippen molar-refractivity contribution in [3.8, 4) is 5.75 Å². The van der Waals surface area contributed by atoms with Gasteiger partial charge in [-0.2, -0.15) is 0 Å². The average Bonchev–Trinajstić information content (AvgIpc) is 3.23. The number of hydrogen-bond acceptors (Lipinski definition) is 6. The maximum Gasteiger partial charge on any atom is 0.256 e. The van der Waals surface area contributed by atoms with Gasteiger partial charge in [-0.15, -0.1) is 0 Å². The quantitative estimate of drug-likeness (QED) is 0.301. The minimum absolute atomic E-state index is 0.102. The van der Waals surface area contributed by atoms with Crippen LogP contribution in [0.3, 0.4) is 0 Å². The summed E-state index contributed by atoms with van der Waals surface area (Å²) in [6, 6.07) is 20.3. The zero-order valence-electron chi connectivity index (χ0n) is 24.0. The number of ether oxygens (including phenoxy) is 1. The highest BCUT2D eigenvalue weighted by molar-refractivity contribution is 7.80. The van der Waals surface area contributed by atoms with Gasteiger partial charge >= 0.3 is 0 Å². The molecule has 43 heavy (non-hydrogen) atoms. The highest BCUT2D eigenvalue weighted by Gasteiger charge is 2.44. The number of piperazine rings is 1. The molecule has 2 fully saturated rings. The molecule has 11 heteroatoms. The Kier molecular flexibility index (Phi) is 10.2. The zero-order valence-corrected chi connectivity index (χ0v) is 25.6. The molecule has 5 rings (SSSR count). The summed E-state index contributed by atoms with van der Waals surface area (Å²) in [7, 11) is 1.52. The summed E-state index contributed by atoms with van der Waals surface area (Å²) in [5.41, 5.74) is 2.29. The fourth-order valence-electron chi connectivity index (χ4n) is 5.52. The number of amides is 2. The molecule has 3 aromatic rings. The van der Waals surface area contributed by atoms with Gasteiger partial charge in [0.2, 0.25) is 5.91 Å². The van der Waals surface area contributed by atoms with E-state index >= 15 is 0 Å². The molecule has 226 valence electrons. The minimum Gasteiger partial charge on any atom is -0.495 e. The van der Waals surface area contributed by atoms with Gasteiger partial charge < -0.3 is 19.9 Å². The van der Waals surface area contributed by atoms with Crippen LogP contribution < -0.4 is 15.0 Å². The van der Waals surface area contributed by atoms with Crippen molar-refractivity contribution in [2.24, 2.45) is 0 Å². The standard InChI is InChI=1S/C32H35ClFN5O3S/c1-42-29-13-12-26(20-27(29)33)39-31(41)28(21-30(40)35-25-10-8-24(34)9-11-25)38(32(39)43)15-5-14-36-16-18-37(19-17-36)22-23-6-3-2-4-7-23/h2-4,6-13,20,28H,5,14-19,21-22H2,1H3,(H,35,40)/t28-/m0/s1. The number of benzene rings is 3. The van der Waals surface area contributed by atoms with Crippen molar-refractivity contribution < 1.29 is 18.7 Å². The number of nitrogens with one attached hydrogen (secondary N) is 1. The summed E-state index contributed by atoms with van der Waals surface area (Å²) in [5, 5.41) is 3.45. The molecule has 3 aromatic carbocycles. The Balaban J connectivity index is 1.23. The maximum absolute atomic E-state index is 13.8. The van der Waals surface area contributed by atoms with Crippen LogP contribution >= 0.6 is 23.8 Å². The predicted octanol–water partition coefficient (Wildman–Crippen LogP) is 5.03. The van der Waals surface area contributed by atoms with E-state index in [0.29, 0.717) is 33.8 Å². The Bertz CT molecular complexity index is 1440. The molecule has 0 aliphatic carbocycles. The van der Waals surface area contributed by atoms with Gasteiger partial charge in [0.15, 0.2) is 5.11 Å². The van der Waals surface area contributed by atoms with Crippen LogP contribution in [0.1, 0.15) is 18.4 Å². The molecule has 1 atom stereocenters. The van der Waals surface area contributed by atoms with Crippen LogP contribution in [-0.2, 0) is 16.1 Å². The number of halogens is 2.